The molecule has 3 rings (SSSR count). The minimum atomic E-state index is -0.0637. The molecule has 3 heteroatoms. The van der Waals surface area contributed by atoms with Crippen molar-refractivity contribution in [3.63, 3.8) is 0 Å². The van der Waals surface area contributed by atoms with Crippen LogP contribution in [0.5, 0.6) is 0 Å². The van der Waals surface area contributed by atoms with Crippen molar-refractivity contribution < 1.29 is 0 Å². The van der Waals surface area contributed by atoms with Crippen LogP contribution >= 0.6 is 0 Å². The Morgan fingerprint density at radius 2 is 1.41 bits per heavy atom. The molecule has 0 atom stereocenters. The monoisotopic (exact) mass is 469 g/mol. The number of rotatable bonds is 7. The van der Waals surface area contributed by atoms with Crippen molar-refractivity contribution in [1.82, 2.24) is 14.9 Å². The predicted molar refractivity (Wildman–Crippen MR) is 149 cm³/mol. The second kappa shape index (κ2) is 14.9. The highest BCUT2D eigenvalue weighted by molar-refractivity contribution is 5.26. The van der Waals surface area contributed by atoms with Gasteiger partial charge in [-0.05, 0) is 87.7 Å². The molecule has 1 saturated heterocycles. The van der Waals surface area contributed by atoms with Crippen LogP contribution < -0.4 is 0 Å². The largest absolute Gasteiger partial charge is 0.306 e. The topological polar surface area (TPSA) is 29.0 Å². The van der Waals surface area contributed by atoms with Gasteiger partial charge in [0.15, 0.2) is 0 Å². The maximum atomic E-state index is 4.53. The predicted octanol–water partition coefficient (Wildman–Crippen LogP) is 8.03. The van der Waals surface area contributed by atoms with Crippen molar-refractivity contribution >= 4 is 0 Å². The molecule has 1 aromatic rings. The van der Waals surface area contributed by atoms with E-state index < -0.39 is 0 Å². The summed E-state index contributed by atoms with van der Waals surface area (Å²) in [7, 11) is 2.20. The third kappa shape index (κ3) is 10.1. The van der Waals surface area contributed by atoms with Crippen molar-refractivity contribution in [2.24, 2.45) is 28.6 Å². The van der Waals surface area contributed by atoms with Gasteiger partial charge in [0.05, 0.1) is 0 Å². The summed E-state index contributed by atoms with van der Waals surface area (Å²) in [5.41, 5.74) is 1.37. The highest BCUT2D eigenvalue weighted by atomic mass is 15.2. The van der Waals surface area contributed by atoms with Crippen molar-refractivity contribution in [3.05, 3.63) is 23.8 Å². The highest BCUT2D eigenvalue weighted by Gasteiger charge is 2.37. The number of aromatic nitrogens is 2. The number of nitrogens with zero attached hydrogens (tertiary/aromatic N) is 3. The molecule has 0 aromatic carbocycles. The standard InChI is InChI=1S/C25H39N3.2C3H8/c1-7-19-12-21(13-19)14-22-15-26-23(27-16-22)9-11-25(4,5)24(2,3)10-8-20-17-28(6)18-20;2*1-3-2/h15-16,19-21H,7-8,10,12-14,17-18H2,1-6H3;2*3H2,1-2H3. The quantitative estimate of drug-likeness (QED) is 0.378. The second-order valence-corrected chi connectivity index (χ2v) is 12.0. The van der Waals surface area contributed by atoms with Gasteiger partial charge < -0.3 is 4.90 Å². The van der Waals surface area contributed by atoms with E-state index in [1.165, 1.54) is 63.6 Å². The smallest absolute Gasteiger partial charge is 0.204 e. The molecule has 0 N–H and O–H groups in total. The lowest BCUT2D eigenvalue weighted by Gasteiger charge is -2.42. The third-order valence-corrected chi connectivity index (χ3v) is 7.64. The van der Waals surface area contributed by atoms with E-state index >= 15 is 0 Å². The van der Waals surface area contributed by atoms with Crippen LogP contribution in [0.25, 0.3) is 0 Å². The van der Waals surface area contributed by atoms with E-state index in [1.807, 2.05) is 12.4 Å². The molecule has 0 bridgehead atoms. The van der Waals surface area contributed by atoms with Crippen LogP contribution in [0, 0.1) is 40.4 Å². The summed E-state index contributed by atoms with van der Waals surface area (Å²) in [6.07, 6.45) is 14.2. The molecule has 2 aliphatic rings. The molecule has 1 aliphatic heterocycles. The zero-order chi connectivity index (χ0) is 25.8. The number of likely N-dealkylation sites (tertiary alicyclic amines) is 1. The van der Waals surface area contributed by atoms with E-state index in [-0.39, 0.29) is 10.8 Å². The van der Waals surface area contributed by atoms with E-state index in [2.05, 4.69) is 96.1 Å². The molecule has 194 valence electrons. The molecule has 2 fully saturated rings. The lowest BCUT2D eigenvalue weighted by atomic mass is 9.65. The Morgan fingerprint density at radius 1 is 0.882 bits per heavy atom. The molecule has 0 radical (unpaired) electrons. The van der Waals surface area contributed by atoms with Gasteiger partial charge in [-0.3, -0.25) is 0 Å². The maximum Gasteiger partial charge on any atom is 0.204 e. The molecule has 0 amide bonds. The lowest BCUT2D eigenvalue weighted by Crippen LogP contribution is -2.44. The van der Waals surface area contributed by atoms with Gasteiger partial charge in [-0.1, -0.05) is 73.6 Å². The first-order chi connectivity index (χ1) is 16.0. The zero-order valence-corrected chi connectivity index (χ0v) is 24.3. The van der Waals surface area contributed by atoms with Crippen LogP contribution in [-0.2, 0) is 6.42 Å². The van der Waals surface area contributed by atoms with Crippen LogP contribution in [0.1, 0.15) is 119 Å². The Morgan fingerprint density at radius 3 is 1.88 bits per heavy atom. The number of hydrogen-bond acceptors (Lipinski definition) is 3. The van der Waals surface area contributed by atoms with E-state index in [9.17, 15) is 0 Å². The fourth-order valence-electron chi connectivity index (χ4n) is 4.50. The van der Waals surface area contributed by atoms with E-state index in [0.717, 1.165) is 24.2 Å². The Hall–Kier alpha value is -1.40. The first-order valence-corrected chi connectivity index (χ1v) is 14.0. The van der Waals surface area contributed by atoms with E-state index in [4.69, 9.17) is 0 Å². The Kier molecular flexibility index (Phi) is 13.4. The van der Waals surface area contributed by atoms with Gasteiger partial charge in [-0.2, -0.15) is 0 Å². The van der Waals surface area contributed by atoms with Crippen molar-refractivity contribution in [1.29, 1.82) is 0 Å². The minimum absolute atomic E-state index is 0.0637. The molecule has 1 aromatic heterocycles. The normalized spacial score (nSPS) is 20.4. The fraction of sp³-hybridized carbons (Fsp3) is 0.806. The van der Waals surface area contributed by atoms with Crippen molar-refractivity contribution in [3.8, 4) is 11.8 Å². The van der Waals surface area contributed by atoms with E-state index in [1.54, 1.807) is 0 Å². The SMILES string of the molecule is CCC.CCC.CCC1CC(Cc2cnc(C#CC(C)(C)C(C)(C)CCC3CN(C)C3)nc2)C1. The van der Waals surface area contributed by atoms with Gasteiger partial charge in [0, 0.05) is 30.9 Å². The molecule has 1 saturated carbocycles. The Bertz CT molecular complexity index is 724. The number of hydrogen-bond donors (Lipinski definition) is 0. The molecule has 0 spiro atoms. The zero-order valence-electron chi connectivity index (χ0n) is 24.3. The second-order valence-electron chi connectivity index (χ2n) is 12.0. The van der Waals surface area contributed by atoms with Gasteiger partial charge >= 0.3 is 0 Å². The minimum Gasteiger partial charge on any atom is -0.306 e. The van der Waals surface area contributed by atoms with Crippen molar-refractivity contribution in [2.45, 2.75) is 114 Å². The van der Waals surface area contributed by atoms with Crippen LogP contribution in [0.2, 0.25) is 0 Å². The fourth-order valence-corrected chi connectivity index (χ4v) is 4.50. The highest BCUT2D eigenvalue weighted by Crippen LogP contribution is 2.43. The molecule has 1 aliphatic carbocycles. The van der Waals surface area contributed by atoms with Crippen LogP contribution in [0.3, 0.4) is 0 Å². The summed E-state index contributed by atoms with van der Waals surface area (Å²) in [5.74, 6) is 10.1. The van der Waals surface area contributed by atoms with Crippen LogP contribution in [0.4, 0.5) is 0 Å². The summed E-state index contributed by atoms with van der Waals surface area (Å²) in [6, 6.07) is 0. The average Bonchev–Trinajstić information content (AvgIpc) is 2.73. The molecular formula is C31H55N3. The van der Waals surface area contributed by atoms with Crippen molar-refractivity contribution in [2.75, 3.05) is 20.1 Å². The van der Waals surface area contributed by atoms with Gasteiger partial charge in [0.2, 0.25) is 5.82 Å². The summed E-state index contributed by atoms with van der Waals surface area (Å²) in [6.45, 7) is 22.5. The van der Waals surface area contributed by atoms with Gasteiger partial charge in [0.25, 0.3) is 0 Å². The molecule has 2 heterocycles. The third-order valence-electron chi connectivity index (χ3n) is 7.64. The summed E-state index contributed by atoms with van der Waals surface area (Å²) >= 11 is 0. The summed E-state index contributed by atoms with van der Waals surface area (Å²) in [5, 5.41) is 0. The van der Waals surface area contributed by atoms with Gasteiger partial charge in [-0.25, -0.2) is 9.97 Å². The van der Waals surface area contributed by atoms with Crippen LogP contribution in [0.15, 0.2) is 12.4 Å². The summed E-state index contributed by atoms with van der Waals surface area (Å²) in [4.78, 5) is 11.5. The average molecular weight is 470 g/mol. The Labute approximate surface area is 212 Å². The van der Waals surface area contributed by atoms with E-state index in [0.29, 0.717) is 5.82 Å². The first-order valence-electron chi connectivity index (χ1n) is 14.0. The maximum absolute atomic E-state index is 4.53. The van der Waals surface area contributed by atoms with Gasteiger partial charge in [-0.15, -0.1) is 0 Å². The summed E-state index contributed by atoms with van der Waals surface area (Å²) < 4.78 is 0. The molecule has 3 nitrogen and oxygen atoms in total. The Balaban J connectivity index is 0.000000872. The molecule has 0 unspecified atom stereocenters. The molecule has 34 heavy (non-hydrogen) atoms. The van der Waals surface area contributed by atoms with Gasteiger partial charge in [0.1, 0.15) is 0 Å². The lowest BCUT2D eigenvalue weighted by molar-refractivity contribution is 0.0886. The first kappa shape index (κ1) is 30.6. The molecular weight excluding hydrogens is 414 g/mol. The van der Waals surface area contributed by atoms with Crippen LogP contribution in [-0.4, -0.2) is 35.0 Å².